The molecule has 0 saturated carbocycles. The van der Waals surface area contributed by atoms with Gasteiger partial charge in [0.2, 0.25) is 5.91 Å². The highest BCUT2D eigenvalue weighted by Crippen LogP contribution is 2.48. The Morgan fingerprint density at radius 2 is 1.55 bits per heavy atom. The number of carbonyl (C=O) groups excluding carboxylic acids is 1. The van der Waals surface area contributed by atoms with E-state index in [4.69, 9.17) is 4.99 Å². The van der Waals surface area contributed by atoms with Gasteiger partial charge in [0.05, 0.1) is 9.79 Å². The second kappa shape index (κ2) is 17.9. The van der Waals surface area contributed by atoms with Gasteiger partial charge < -0.3 is 15.3 Å². The van der Waals surface area contributed by atoms with Crippen molar-refractivity contribution in [3.8, 4) is 5.75 Å². The Balaban J connectivity index is 1.49. The number of aliphatic imine (C=N–C) groups is 1. The smallest absolute Gasteiger partial charge is 0.294 e. The van der Waals surface area contributed by atoms with Gasteiger partial charge in [-0.1, -0.05) is 70.5 Å². The lowest BCUT2D eigenvalue weighted by atomic mass is 9.77. The number of amides is 1. The normalized spacial score (nSPS) is 15.7. The molecular weight excluding hydrogens is 739 g/mol. The molecule has 1 aliphatic heterocycles. The SMILES string of the molecule is CC\N=C(/C=C/C=C/C=C1\N(CCCCCC(=O)NCCc2ccc(O)cc2)c2ccc(S(=O)(=O)O)cc2C1(C)C)C(C)(C)c1cc(S(=O)(=O)O)ccc1C. The fraction of sp³-hybridized carbons (Fsp3) is 0.381. The van der Waals surface area contributed by atoms with Gasteiger partial charge in [0, 0.05) is 54.0 Å². The van der Waals surface area contributed by atoms with Crippen LogP contribution in [-0.4, -0.2) is 62.3 Å². The first kappa shape index (κ1) is 43.2. The first-order valence-electron chi connectivity index (χ1n) is 18.4. The van der Waals surface area contributed by atoms with E-state index in [9.17, 15) is 35.8 Å². The quantitative estimate of drug-likeness (QED) is 0.0464. The van der Waals surface area contributed by atoms with Gasteiger partial charge in [0.15, 0.2) is 0 Å². The number of nitrogens with one attached hydrogen (secondary N) is 1. The first-order chi connectivity index (χ1) is 25.8. The number of anilines is 1. The molecule has 1 aliphatic rings. The molecule has 0 spiro atoms. The number of carbonyl (C=O) groups is 1. The number of nitrogens with zero attached hydrogens (tertiary/aromatic N) is 2. The number of aryl methyl sites for hydroxylation is 1. The summed E-state index contributed by atoms with van der Waals surface area (Å²) in [7, 11) is -8.80. The topological polar surface area (TPSA) is 174 Å². The van der Waals surface area contributed by atoms with Crippen LogP contribution in [-0.2, 0) is 42.3 Å². The van der Waals surface area contributed by atoms with Gasteiger partial charge in [0.1, 0.15) is 5.75 Å². The molecule has 55 heavy (non-hydrogen) atoms. The molecule has 1 heterocycles. The maximum absolute atomic E-state index is 12.5. The van der Waals surface area contributed by atoms with Gasteiger partial charge in [-0.25, -0.2) is 0 Å². The molecule has 1 amide bonds. The van der Waals surface area contributed by atoms with Crippen LogP contribution in [0.25, 0.3) is 0 Å². The van der Waals surface area contributed by atoms with E-state index < -0.39 is 31.1 Å². The summed E-state index contributed by atoms with van der Waals surface area (Å²) in [6.07, 6.45) is 12.9. The molecule has 3 aromatic rings. The number of fused-ring (bicyclic) bond motifs is 1. The van der Waals surface area contributed by atoms with Crippen LogP contribution < -0.4 is 10.2 Å². The molecule has 0 bridgehead atoms. The van der Waals surface area contributed by atoms with Crippen molar-refractivity contribution in [1.29, 1.82) is 0 Å². The minimum absolute atomic E-state index is 0.0137. The standard InChI is InChI=1S/C42H53N3O8S2/c1-7-43-38(41(3,4)35-28-33(54(48,49)50)22-17-30(35)2)14-10-8-11-15-39-42(5,6)36-29-34(55(51,52)53)23-24-37(36)45(39)27-13-9-12-16-40(47)44-26-25-31-18-20-32(46)21-19-31/h8,10-11,14-15,17-24,28-29,46H,7,9,12-13,16,25-27H2,1-6H3,(H,44,47)(H,48,49,50)(H,51,52,53)/b11-8+,14-10+,39-15-,43-38+. The number of rotatable bonds is 17. The lowest BCUT2D eigenvalue weighted by Gasteiger charge is -2.28. The minimum atomic E-state index is -4.41. The van der Waals surface area contributed by atoms with Crippen molar-refractivity contribution in [2.45, 2.75) is 94.3 Å². The van der Waals surface area contributed by atoms with Gasteiger partial charge in [-0.2, -0.15) is 16.8 Å². The Hall–Kier alpha value is -4.56. The van der Waals surface area contributed by atoms with Gasteiger partial charge in [-0.15, -0.1) is 0 Å². The predicted octanol–water partition coefficient (Wildman–Crippen LogP) is 7.65. The van der Waals surface area contributed by atoms with Crippen molar-refractivity contribution in [2.24, 2.45) is 4.99 Å². The van der Waals surface area contributed by atoms with Crippen LogP contribution in [0.5, 0.6) is 5.75 Å². The van der Waals surface area contributed by atoms with E-state index >= 15 is 0 Å². The molecule has 0 aliphatic carbocycles. The highest BCUT2D eigenvalue weighted by molar-refractivity contribution is 7.86. The van der Waals surface area contributed by atoms with E-state index in [-0.39, 0.29) is 21.4 Å². The summed E-state index contributed by atoms with van der Waals surface area (Å²) >= 11 is 0. The molecule has 4 N–H and O–H groups in total. The van der Waals surface area contributed by atoms with E-state index in [0.29, 0.717) is 38.9 Å². The van der Waals surface area contributed by atoms with E-state index in [1.165, 1.54) is 24.3 Å². The Labute approximate surface area is 326 Å². The molecule has 0 saturated heterocycles. The molecule has 0 radical (unpaired) electrons. The van der Waals surface area contributed by atoms with E-state index in [2.05, 4.69) is 10.2 Å². The molecule has 13 heteroatoms. The van der Waals surface area contributed by atoms with E-state index in [1.807, 2.05) is 84.1 Å². The zero-order chi connectivity index (χ0) is 40.6. The molecule has 3 aromatic carbocycles. The van der Waals surface area contributed by atoms with Gasteiger partial charge in [-0.3, -0.25) is 18.9 Å². The van der Waals surface area contributed by atoms with E-state index in [0.717, 1.165) is 52.2 Å². The largest absolute Gasteiger partial charge is 0.508 e. The predicted molar refractivity (Wildman–Crippen MR) is 218 cm³/mol. The number of hydrogen-bond donors (Lipinski definition) is 4. The van der Waals surface area contributed by atoms with Crippen LogP contribution >= 0.6 is 0 Å². The summed E-state index contributed by atoms with van der Waals surface area (Å²) < 4.78 is 67.4. The summed E-state index contributed by atoms with van der Waals surface area (Å²) in [5.74, 6) is 0.193. The summed E-state index contributed by atoms with van der Waals surface area (Å²) in [4.78, 5) is 19.0. The van der Waals surface area contributed by atoms with Crippen LogP contribution in [0.15, 0.2) is 112 Å². The zero-order valence-corrected chi connectivity index (χ0v) is 34.0. The van der Waals surface area contributed by atoms with Crippen LogP contribution in [0.3, 0.4) is 0 Å². The molecular formula is C42H53N3O8S2. The van der Waals surface area contributed by atoms with Crippen LogP contribution in [0.4, 0.5) is 5.69 Å². The van der Waals surface area contributed by atoms with Crippen molar-refractivity contribution in [3.63, 3.8) is 0 Å². The van der Waals surface area contributed by atoms with Crippen LogP contribution in [0.1, 0.15) is 82.6 Å². The Bertz CT molecular complexity index is 2200. The molecule has 296 valence electrons. The molecule has 0 unspecified atom stereocenters. The number of phenols is 1. The molecule has 11 nitrogen and oxygen atoms in total. The van der Waals surface area contributed by atoms with Crippen molar-refractivity contribution >= 4 is 37.5 Å². The van der Waals surface area contributed by atoms with E-state index in [1.54, 1.807) is 24.3 Å². The van der Waals surface area contributed by atoms with Gasteiger partial charge in [-0.05, 0) is 110 Å². The molecule has 0 aromatic heterocycles. The Kier molecular flexibility index (Phi) is 14.1. The molecule has 0 fully saturated rings. The fourth-order valence-corrected chi connectivity index (χ4v) is 7.96. The lowest BCUT2D eigenvalue weighted by molar-refractivity contribution is -0.121. The Morgan fingerprint density at radius 3 is 2.20 bits per heavy atom. The van der Waals surface area contributed by atoms with Crippen molar-refractivity contribution in [3.05, 3.63) is 119 Å². The van der Waals surface area contributed by atoms with Crippen LogP contribution in [0.2, 0.25) is 0 Å². The third-order valence-electron chi connectivity index (χ3n) is 10.00. The van der Waals surface area contributed by atoms with Crippen LogP contribution in [0, 0.1) is 6.92 Å². The average Bonchev–Trinajstić information content (AvgIpc) is 3.32. The molecule has 4 rings (SSSR count). The maximum atomic E-state index is 12.5. The minimum Gasteiger partial charge on any atom is -0.508 e. The third kappa shape index (κ3) is 11.0. The summed E-state index contributed by atoms with van der Waals surface area (Å²) in [5.41, 5.74) is 4.61. The van der Waals surface area contributed by atoms with Crippen molar-refractivity contribution < 1.29 is 35.8 Å². The second-order valence-corrected chi connectivity index (χ2v) is 17.6. The third-order valence-corrected chi connectivity index (χ3v) is 11.7. The maximum Gasteiger partial charge on any atom is 0.294 e. The van der Waals surface area contributed by atoms with Gasteiger partial charge in [0.25, 0.3) is 20.2 Å². The highest BCUT2D eigenvalue weighted by atomic mass is 32.2. The molecule has 0 atom stereocenters. The number of benzene rings is 3. The monoisotopic (exact) mass is 791 g/mol. The lowest BCUT2D eigenvalue weighted by Crippen LogP contribution is -2.29. The Morgan fingerprint density at radius 1 is 0.891 bits per heavy atom. The zero-order valence-electron chi connectivity index (χ0n) is 32.4. The average molecular weight is 792 g/mol. The summed E-state index contributed by atoms with van der Waals surface area (Å²) in [6.45, 7) is 13.4. The number of hydrogen-bond acceptors (Lipinski definition) is 8. The number of phenolic OH excluding ortho intramolecular Hbond substituents is 1. The number of aromatic hydroxyl groups is 1. The number of unbranched alkanes of at least 4 members (excludes halogenated alkanes) is 2. The fourth-order valence-electron chi connectivity index (χ4n) is 6.94. The summed E-state index contributed by atoms with van der Waals surface area (Å²) in [5, 5.41) is 12.4. The van der Waals surface area contributed by atoms with Gasteiger partial charge >= 0.3 is 0 Å². The second-order valence-electron chi connectivity index (χ2n) is 14.7. The summed E-state index contributed by atoms with van der Waals surface area (Å²) in [6, 6.07) is 16.1. The highest BCUT2D eigenvalue weighted by Gasteiger charge is 2.40. The van der Waals surface area contributed by atoms with Crippen molar-refractivity contribution in [1.82, 2.24) is 5.32 Å². The van der Waals surface area contributed by atoms with Crippen molar-refractivity contribution in [2.75, 3.05) is 24.5 Å². The number of allylic oxidation sites excluding steroid dienone is 6. The first-order valence-corrected chi connectivity index (χ1v) is 21.3.